The maximum Gasteiger partial charge on any atom is 0.268 e. The van der Waals surface area contributed by atoms with Crippen molar-refractivity contribution in [2.45, 2.75) is 6.42 Å². The number of hydrogen-bond acceptors (Lipinski definition) is 3. The lowest BCUT2D eigenvalue weighted by Gasteiger charge is -2.02. The second-order valence-corrected chi connectivity index (χ2v) is 2.60. The van der Waals surface area contributed by atoms with Gasteiger partial charge in [0.25, 0.3) is 5.91 Å². The third-order valence-electron chi connectivity index (χ3n) is 1.67. The molecule has 0 aromatic carbocycles. The first-order chi connectivity index (χ1) is 6.36. The zero-order valence-electron chi connectivity index (χ0n) is 6.84. The van der Waals surface area contributed by atoms with E-state index in [1.54, 1.807) is 12.3 Å². The summed E-state index contributed by atoms with van der Waals surface area (Å²) in [4.78, 5) is 14.8. The molecule has 64 valence electrons. The van der Waals surface area contributed by atoms with Gasteiger partial charge in [0, 0.05) is 6.20 Å². The van der Waals surface area contributed by atoms with Crippen molar-refractivity contribution in [3.8, 4) is 0 Å². The quantitative estimate of drug-likeness (QED) is 0.650. The maximum atomic E-state index is 10.7. The molecule has 0 spiro atoms. The van der Waals surface area contributed by atoms with Gasteiger partial charge in [-0.3, -0.25) is 9.78 Å². The number of amides is 1. The normalized spacial score (nSPS) is 15.7. The van der Waals surface area contributed by atoms with Gasteiger partial charge < -0.3 is 0 Å². The Morgan fingerprint density at radius 2 is 2.15 bits per heavy atom. The molecule has 1 aliphatic heterocycles. The summed E-state index contributed by atoms with van der Waals surface area (Å²) >= 11 is 0. The maximum absolute atomic E-state index is 10.7. The molecular weight excluding hydrogens is 166 g/mol. The van der Waals surface area contributed by atoms with E-state index in [9.17, 15) is 4.79 Å². The smallest absolute Gasteiger partial charge is 0.268 e. The minimum Gasteiger partial charge on any atom is -0.271 e. The molecule has 2 heterocycles. The predicted molar refractivity (Wildman–Crippen MR) is 46.7 cm³/mol. The van der Waals surface area contributed by atoms with E-state index >= 15 is 0 Å². The van der Waals surface area contributed by atoms with Gasteiger partial charge >= 0.3 is 0 Å². The van der Waals surface area contributed by atoms with E-state index < -0.39 is 0 Å². The summed E-state index contributed by atoms with van der Waals surface area (Å²) in [5.41, 5.74) is 1.42. The summed E-state index contributed by atoms with van der Waals surface area (Å²) in [5, 5.41) is 7.22. The molecule has 0 radical (unpaired) electrons. The number of rotatable bonds is 1. The van der Waals surface area contributed by atoms with Crippen molar-refractivity contribution >= 4 is 11.6 Å². The van der Waals surface area contributed by atoms with Crippen molar-refractivity contribution < 1.29 is 4.79 Å². The molecule has 0 unspecified atom stereocenters. The van der Waals surface area contributed by atoms with E-state index in [1.165, 1.54) is 0 Å². The van der Waals surface area contributed by atoms with E-state index in [-0.39, 0.29) is 5.91 Å². The van der Waals surface area contributed by atoms with Crippen LogP contribution in [0.1, 0.15) is 12.1 Å². The van der Waals surface area contributed by atoms with Gasteiger partial charge in [0.1, 0.15) is 5.70 Å². The highest BCUT2D eigenvalue weighted by Crippen LogP contribution is 2.17. The fraction of sp³-hybridized carbons (Fsp3) is 0.111. The molecule has 4 nitrogen and oxygen atoms in total. The fourth-order valence-corrected chi connectivity index (χ4v) is 1.05. The average Bonchev–Trinajstić information content (AvgIpc) is 2.20. The number of carbonyl (C=O) groups is 1. The van der Waals surface area contributed by atoms with E-state index in [2.05, 4.69) is 15.2 Å². The number of aromatic nitrogens is 1. The molecule has 1 aromatic rings. The summed E-state index contributed by atoms with van der Waals surface area (Å²) in [6.45, 7) is 0. The van der Waals surface area contributed by atoms with Crippen molar-refractivity contribution in [1.29, 1.82) is 0 Å². The van der Waals surface area contributed by atoms with Gasteiger partial charge in [0.2, 0.25) is 0 Å². The van der Waals surface area contributed by atoms with Gasteiger partial charge in [-0.15, -0.1) is 10.2 Å². The number of carbonyl (C=O) groups excluding carboxylic acids is 1. The molecule has 0 saturated heterocycles. The third kappa shape index (κ3) is 1.66. The van der Waals surface area contributed by atoms with E-state index in [0.29, 0.717) is 12.1 Å². The molecule has 0 aliphatic carbocycles. The van der Waals surface area contributed by atoms with Gasteiger partial charge in [-0.1, -0.05) is 6.07 Å². The molecule has 0 saturated carbocycles. The Morgan fingerprint density at radius 1 is 1.23 bits per heavy atom. The van der Waals surface area contributed by atoms with Crippen LogP contribution in [0.2, 0.25) is 0 Å². The Labute approximate surface area is 75.0 Å². The second-order valence-electron chi connectivity index (χ2n) is 2.60. The van der Waals surface area contributed by atoms with Gasteiger partial charge in [-0.25, -0.2) is 0 Å². The van der Waals surface area contributed by atoms with Gasteiger partial charge in [-0.05, 0) is 18.2 Å². The van der Waals surface area contributed by atoms with E-state index in [1.807, 2.05) is 18.2 Å². The molecule has 1 amide bonds. The highest BCUT2D eigenvalue weighted by Gasteiger charge is 2.08. The standard InChI is InChI=1S/C9H7N3O/c13-9-5-4-8(11-12-9)7-3-1-2-6-10-7/h1-4,6H,5H2. The van der Waals surface area contributed by atoms with Gasteiger partial charge in [0.05, 0.1) is 12.1 Å². The van der Waals surface area contributed by atoms with Crippen LogP contribution in [0.4, 0.5) is 0 Å². The van der Waals surface area contributed by atoms with E-state index in [0.717, 1.165) is 5.69 Å². The van der Waals surface area contributed by atoms with Gasteiger partial charge in [-0.2, -0.15) is 0 Å². The average molecular weight is 173 g/mol. The third-order valence-corrected chi connectivity index (χ3v) is 1.67. The molecule has 0 bridgehead atoms. The highest BCUT2D eigenvalue weighted by atomic mass is 16.1. The highest BCUT2D eigenvalue weighted by molar-refractivity contribution is 5.82. The van der Waals surface area contributed by atoms with Crippen LogP contribution >= 0.6 is 0 Å². The molecule has 1 aliphatic rings. The summed E-state index contributed by atoms with van der Waals surface area (Å²) in [7, 11) is 0. The summed E-state index contributed by atoms with van der Waals surface area (Å²) in [6.07, 6.45) is 3.73. The minimum absolute atomic E-state index is 0.209. The molecule has 4 heteroatoms. The summed E-state index contributed by atoms with van der Waals surface area (Å²) in [6, 6.07) is 5.53. The Morgan fingerprint density at radius 3 is 2.77 bits per heavy atom. The molecule has 0 N–H and O–H groups in total. The van der Waals surface area contributed by atoms with Crippen molar-refractivity contribution in [3.05, 3.63) is 36.2 Å². The molecule has 1 aromatic heterocycles. The first kappa shape index (κ1) is 7.79. The predicted octanol–water partition coefficient (Wildman–Crippen LogP) is 1.80. The Kier molecular flexibility index (Phi) is 1.96. The molecule has 0 fully saturated rings. The zero-order valence-corrected chi connectivity index (χ0v) is 6.84. The molecule has 0 atom stereocenters. The second kappa shape index (κ2) is 3.26. The van der Waals surface area contributed by atoms with Crippen molar-refractivity contribution in [1.82, 2.24) is 4.98 Å². The van der Waals surface area contributed by atoms with Crippen LogP contribution in [-0.4, -0.2) is 10.9 Å². The first-order valence-corrected chi connectivity index (χ1v) is 3.92. The van der Waals surface area contributed by atoms with E-state index in [4.69, 9.17) is 0 Å². The molecule has 13 heavy (non-hydrogen) atoms. The molecular formula is C9H7N3O. The lowest BCUT2D eigenvalue weighted by Crippen LogP contribution is -1.96. The summed E-state index contributed by atoms with van der Waals surface area (Å²) in [5.74, 6) is -0.209. The van der Waals surface area contributed by atoms with Crippen LogP contribution in [0.25, 0.3) is 5.70 Å². The number of nitrogens with zero attached hydrogens (tertiary/aromatic N) is 3. The molecule has 2 rings (SSSR count). The van der Waals surface area contributed by atoms with Crippen LogP contribution in [0.15, 0.2) is 40.7 Å². The van der Waals surface area contributed by atoms with Crippen LogP contribution in [0, 0.1) is 0 Å². The SMILES string of the molecule is O=C1CC=C(c2ccccn2)N=N1. The number of azo groups is 1. The van der Waals surface area contributed by atoms with Crippen LogP contribution in [0.5, 0.6) is 0 Å². The minimum atomic E-state index is -0.209. The lowest BCUT2D eigenvalue weighted by atomic mass is 10.2. The monoisotopic (exact) mass is 173 g/mol. The zero-order chi connectivity index (χ0) is 9.10. The van der Waals surface area contributed by atoms with Gasteiger partial charge in [0.15, 0.2) is 0 Å². The lowest BCUT2D eigenvalue weighted by molar-refractivity contribution is -0.117. The number of hydrogen-bond donors (Lipinski definition) is 0. The number of pyridine rings is 1. The Bertz CT molecular complexity index is 381. The van der Waals surface area contributed by atoms with Crippen LogP contribution < -0.4 is 0 Å². The summed E-state index contributed by atoms with van der Waals surface area (Å²) < 4.78 is 0. The Balaban J connectivity index is 2.30. The van der Waals surface area contributed by atoms with Crippen LogP contribution in [-0.2, 0) is 4.79 Å². The first-order valence-electron chi connectivity index (χ1n) is 3.92. The van der Waals surface area contributed by atoms with Crippen molar-refractivity contribution in [2.24, 2.45) is 10.2 Å². The van der Waals surface area contributed by atoms with Crippen LogP contribution in [0.3, 0.4) is 0 Å². The fourth-order valence-electron chi connectivity index (χ4n) is 1.05. The van der Waals surface area contributed by atoms with Crippen molar-refractivity contribution in [3.63, 3.8) is 0 Å². The Hall–Kier alpha value is -1.84. The van der Waals surface area contributed by atoms with Crippen molar-refractivity contribution in [2.75, 3.05) is 0 Å². The largest absolute Gasteiger partial charge is 0.271 e. The topological polar surface area (TPSA) is 54.7 Å².